The number of aromatic hydroxyl groups is 2. The van der Waals surface area contributed by atoms with E-state index >= 15 is 0 Å². The minimum Gasteiger partial charge on any atom is -0.507 e. The lowest BCUT2D eigenvalue weighted by molar-refractivity contribution is -0.120. The Balaban J connectivity index is 0.000000246. The van der Waals surface area contributed by atoms with E-state index in [1.54, 1.807) is 11.8 Å². The molecule has 248 valence electrons. The van der Waals surface area contributed by atoms with Crippen molar-refractivity contribution >= 4 is 51.9 Å². The van der Waals surface area contributed by atoms with E-state index in [2.05, 4.69) is 106 Å². The molecule has 2 amide bonds. The summed E-state index contributed by atoms with van der Waals surface area (Å²) in [5.41, 5.74) is 5.35. The normalized spacial score (nSPS) is 19.2. The standard InChI is InChI=1S/C18H25NO2S2.C18H27NO2S/c1-17(2,3)11-7-10(8-12(14(11)20)18(4,5)6)9-13-15(21)19-16(22)23-13;1-17(2,3)12-7-11(9-14-16(21)19-10-22-14)8-13(15(12)20)18(4,5)6/h7-8,13,20H,9H2,1-6H3,(H,19,21,22);7-8,14,20H,9-10H2,1-6H3,(H,19,21). The van der Waals surface area contributed by atoms with E-state index in [4.69, 9.17) is 12.2 Å². The van der Waals surface area contributed by atoms with Gasteiger partial charge in [-0.05, 0) is 67.9 Å². The van der Waals surface area contributed by atoms with Gasteiger partial charge < -0.3 is 20.8 Å². The molecule has 2 aromatic rings. The van der Waals surface area contributed by atoms with Gasteiger partial charge in [-0.25, -0.2) is 0 Å². The van der Waals surface area contributed by atoms with Crippen molar-refractivity contribution < 1.29 is 19.8 Å². The molecule has 9 heteroatoms. The van der Waals surface area contributed by atoms with E-state index < -0.39 is 0 Å². The average molecular weight is 673 g/mol. The van der Waals surface area contributed by atoms with Crippen LogP contribution in [0, 0.1) is 0 Å². The molecule has 2 saturated heterocycles. The molecule has 2 unspecified atom stereocenters. The van der Waals surface area contributed by atoms with E-state index in [1.165, 1.54) is 11.8 Å². The number of hydrogen-bond acceptors (Lipinski definition) is 7. The monoisotopic (exact) mass is 672 g/mol. The topological polar surface area (TPSA) is 98.7 Å². The van der Waals surface area contributed by atoms with Crippen LogP contribution >= 0.6 is 35.7 Å². The van der Waals surface area contributed by atoms with Crippen LogP contribution in [0.2, 0.25) is 0 Å². The molecule has 2 fully saturated rings. The van der Waals surface area contributed by atoms with E-state index in [1.807, 2.05) is 12.1 Å². The van der Waals surface area contributed by atoms with Gasteiger partial charge in [0.05, 0.1) is 16.4 Å². The van der Waals surface area contributed by atoms with Gasteiger partial charge in [0.1, 0.15) is 15.8 Å². The number of thiocarbonyl (C=S) groups is 1. The molecule has 0 saturated carbocycles. The zero-order valence-corrected chi connectivity index (χ0v) is 31.5. The summed E-state index contributed by atoms with van der Waals surface area (Å²) in [7, 11) is 0. The minimum absolute atomic E-state index is 0.0230. The third-order valence-corrected chi connectivity index (χ3v) is 10.5. The molecule has 4 rings (SSSR count). The van der Waals surface area contributed by atoms with Crippen molar-refractivity contribution in [3.8, 4) is 11.5 Å². The highest BCUT2D eigenvalue weighted by atomic mass is 32.2. The molecular formula is C36H52N2O4S3. The van der Waals surface area contributed by atoms with Crippen molar-refractivity contribution in [3.63, 3.8) is 0 Å². The molecule has 2 aromatic carbocycles. The Labute approximate surface area is 284 Å². The third kappa shape index (κ3) is 9.41. The number of hydrogen-bond donors (Lipinski definition) is 4. The molecule has 45 heavy (non-hydrogen) atoms. The Morgan fingerprint density at radius 2 is 1.02 bits per heavy atom. The maximum absolute atomic E-state index is 12.0. The maximum atomic E-state index is 12.0. The van der Waals surface area contributed by atoms with Crippen molar-refractivity contribution in [1.82, 2.24) is 10.6 Å². The Bertz CT molecular complexity index is 1390. The van der Waals surface area contributed by atoms with Gasteiger partial charge >= 0.3 is 0 Å². The van der Waals surface area contributed by atoms with Gasteiger partial charge in [0.25, 0.3) is 0 Å². The van der Waals surface area contributed by atoms with Gasteiger partial charge in [-0.2, -0.15) is 0 Å². The van der Waals surface area contributed by atoms with Crippen LogP contribution in [0.4, 0.5) is 0 Å². The highest BCUT2D eigenvalue weighted by molar-refractivity contribution is 8.24. The summed E-state index contributed by atoms with van der Waals surface area (Å²) >= 11 is 8.13. The predicted octanol–water partition coefficient (Wildman–Crippen LogP) is 7.77. The molecule has 6 nitrogen and oxygen atoms in total. The van der Waals surface area contributed by atoms with Crippen LogP contribution in [0.15, 0.2) is 24.3 Å². The lowest BCUT2D eigenvalue weighted by atomic mass is 9.78. The molecule has 2 aliphatic heterocycles. The highest BCUT2D eigenvalue weighted by Crippen LogP contribution is 2.42. The van der Waals surface area contributed by atoms with Crippen LogP contribution in [0.25, 0.3) is 0 Å². The second-order valence-corrected chi connectivity index (χ2v) is 19.3. The fraction of sp³-hybridized carbons (Fsp3) is 0.583. The molecule has 4 N–H and O–H groups in total. The fourth-order valence-electron chi connectivity index (χ4n) is 5.42. The van der Waals surface area contributed by atoms with Crippen LogP contribution in [-0.4, -0.2) is 42.7 Å². The Morgan fingerprint density at radius 3 is 1.29 bits per heavy atom. The number of rotatable bonds is 4. The fourth-order valence-corrected chi connectivity index (χ4v) is 7.70. The van der Waals surface area contributed by atoms with Gasteiger partial charge in [-0.15, -0.1) is 11.8 Å². The Kier molecular flexibility index (Phi) is 11.2. The Hall–Kier alpha value is -2.23. The number of phenols is 2. The number of thioether (sulfide) groups is 2. The molecule has 0 aliphatic carbocycles. The van der Waals surface area contributed by atoms with Crippen LogP contribution in [0.5, 0.6) is 11.5 Å². The SMILES string of the molecule is CC(C)(C)c1cc(CC2SC(=S)NC2=O)cc(C(C)(C)C)c1O.CC(C)(C)c1cc(CC2SCNC2=O)cc(C(C)(C)C)c1O. The van der Waals surface area contributed by atoms with Crippen molar-refractivity contribution in [2.75, 3.05) is 5.88 Å². The van der Waals surface area contributed by atoms with Crippen LogP contribution in [-0.2, 0) is 44.1 Å². The van der Waals surface area contributed by atoms with E-state index in [9.17, 15) is 19.8 Å². The van der Waals surface area contributed by atoms with Crippen molar-refractivity contribution in [3.05, 3.63) is 57.6 Å². The molecule has 2 atom stereocenters. The van der Waals surface area contributed by atoms with E-state index in [0.29, 0.717) is 34.5 Å². The number of amides is 2. The predicted molar refractivity (Wildman–Crippen MR) is 195 cm³/mol. The lowest BCUT2D eigenvalue weighted by Gasteiger charge is -2.28. The first-order valence-electron chi connectivity index (χ1n) is 15.5. The van der Waals surface area contributed by atoms with E-state index in [0.717, 1.165) is 33.4 Å². The molecule has 2 heterocycles. The van der Waals surface area contributed by atoms with Gasteiger partial charge in [-0.3, -0.25) is 9.59 Å². The van der Waals surface area contributed by atoms with Crippen LogP contribution < -0.4 is 10.6 Å². The summed E-state index contributed by atoms with van der Waals surface area (Å²) in [6.07, 6.45) is 1.33. The smallest absolute Gasteiger partial charge is 0.239 e. The number of phenolic OH excluding ortho intramolecular Hbond substituents is 2. The van der Waals surface area contributed by atoms with Crippen LogP contribution in [0.1, 0.15) is 116 Å². The number of carbonyl (C=O) groups is 2. The van der Waals surface area contributed by atoms with Crippen molar-refractivity contribution in [2.24, 2.45) is 0 Å². The van der Waals surface area contributed by atoms with Gasteiger partial charge in [0.15, 0.2) is 0 Å². The number of carbonyl (C=O) groups excluding carboxylic acids is 2. The Morgan fingerprint density at radius 1 is 0.667 bits per heavy atom. The van der Waals surface area contributed by atoms with E-state index in [-0.39, 0.29) is 44.0 Å². The van der Waals surface area contributed by atoms with Gasteiger partial charge in [-0.1, -0.05) is 131 Å². The quantitative estimate of drug-likeness (QED) is 0.247. The van der Waals surface area contributed by atoms with Crippen LogP contribution in [0.3, 0.4) is 0 Å². The largest absolute Gasteiger partial charge is 0.507 e. The minimum atomic E-state index is -0.187. The average Bonchev–Trinajstić information content (AvgIpc) is 3.41. The number of benzene rings is 2. The molecule has 0 aromatic heterocycles. The second kappa shape index (κ2) is 13.5. The summed E-state index contributed by atoms with van der Waals surface area (Å²) < 4.78 is 0.547. The summed E-state index contributed by atoms with van der Waals surface area (Å²) in [5.74, 6) is 1.55. The molecular weight excluding hydrogens is 621 g/mol. The van der Waals surface area contributed by atoms with Crippen molar-refractivity contribution in [1.29, 1.82) is 0 Å². The molecule has 0 bridgehead atoms. The molecule has 0 radical (unpaired) electrons. The first-order chi connectivity index (χ1) is 20.4. The van der Waals surface area contributed by atoms with Gasteiger partial charge in [0.2, 0.25) is 11.8 Å². The van der Waals surface area contributed by atoms with Gasteiger partial charge in [0, 0.05) is 0 Å². The summed E-state index contributed by atoms with van der Waals surface area (Å²) in [6, 6.07) is 8.19. The second-order valence-electron chi connectivity index (χ2n) is 16.2. The maximum Gasteiger partial charge on any atom is 0.239 e. The molecule has 0 spiro atoms. The first-order valence-corrected chi connectivity index (χ1v) is 17.9. The zero-order chi connectivity index (χ0) is 34.3. The third-order valence-electron chi connectivity index (χ3n) is 8.00. The summed E-state index contributed by atoms with van der Waals surface area (Å²) in [5, 5.41) is 26.8. The summed E-state index contributed by atoms with van der Waals surface area (Å²) in [6.45, 7) is 25.2. The molecule has 2 aliphatic rings. The summed E-state index contributed by atoms with van der Waals surface area (Å²) in [4.78, 5) is 23.8. The highest BCUT2D eigenvalue weighted by Gasteiger charge is 2.32. The lowest BCUT2D eigenvalue weighted by Crippen LogP contribution is -2.26. The number of nitrogens with one attached hydrogen (secondary N) is 2. The zero-order valence-electron chi connectivity index (χ0n) is 29.0. The van der Waals surface area contributed by atoms with Crippen molar-refractivity contribution in [2.45, 2.75) is 128 Å². The first kappa shape index (κ1) is 37.2.